The van der Waals surface area contributed by atoms with E-state index in [-0.39, 0.29) is 15.8 Å². The van der Waals surface area contributed by atoms with Crippen LogP contribution < -0.4 is 10.2 Å². The largest absolute Gasteiger partial charge is 0.362 e. The van der Waals surface area contributed by atoms with E-state index in [0.29, 0.717) is 11.3 Å². The van der Waals surface area contributed by atoms with Gasteiger partial charge >= 0.3 is 0 Å². The number of nitrogens with one attached hydrogen (secondary N) is 1. The average Bonchev–Trinajstić information content (AvgIpc) is 2.98. The number of carbonyl (C=O) groups excluding carboxylic acids is 1. The summed E-state index contributed by atoms with van der Waals surface area (Å²) in [5.74, 6) is 0.536. The van der Waals surface area contributed by atoms with Crippen LogP contribution in [0.4, 0.5) is 11.5 Å². The fraction of sp³-hybridized carbons (Fsp3) is 0.263. The Morgan fingerprint density at radius 3 is 2.57 bits per heavy atom. The number of nitrogens with zero attached hydrogens (tertiary/aromatic N) is 3. The molecule has 0 fully saturated rings. The molecule has 3 aromatic rings. The molecule has 0 aliphatic heterocycles. The van der Waals surface area contributed by atoms with Gasteiger partial charge in [-0.2, -0.15) is 0 Å². The first-order valence-corrected chi connectivity index (χ1v) is 10.9. The highest BCUT2D eigenvalue weighted by Gasteiger charge is 2.16. The van der Waals surface area contributed by atoms with Crippen molar-refractivity contribution >= 4 is 44.5 Å². The summed E-state index contributed by atoms with van der Waals surface area (Å²) in [4.78, 5) is 19.3. The molecule has 0 aliphatic rings. The van der Waals surface area contributed by atoms with Crippen LogP contribution >= 0.6 is 11.6 Å². The lowest BCUT2D eigenvalue weighted by Gasteiger charge is -2.14. The van der Waals surface area contributed by atoms with Gasteiger partial charge in [-0.15, -0.1) is 0 Å². The standard InChI is InChI=1S/C19H21ClN4O3S/c1-5-16-19(23(2)3)24-11-12(6-7-17(24)22-16)18(25)21-14-8-13(20)9-15(10-14)28(4,26)27/h6-11H,5H2,1-4H3,(H,21,25). The summed E-state index contributed by atoms with van der Waals surface area (Å²) >= 11 is 6.00. The van der Waals surface area contributed by atoms with Crippen LogP contribution in [0.25, 0.3) is 5.65 Å². The van der Waals surface area contributed by atoms with Crippen LogP contribution in [0.2, 0.25) is 5.02 Å². The van der Waals surface area contributed by atoms with Crippen molar-refractivity contribution in [3.05, 3.63) is 52.8 Å². The van der Waals surface area contributed by atoms with Crippen LogP contribution in [0, 0.1) is 0 Å². The third kappa shape index (κ3) is 3.98. The number of pyridine rings is 1. The van der Waals surface area contributed by atoms with Crippen molar-refractivity contribution in [1.82, 2.24) is 9.38 Å². The number of halogens is 1. The van der Waals surface area contributed by atoms with Crippen molar-refractivity contribution in [2.24, 2.45) is 0 Å². The first-order chi connectivity index (χ1) is 13.1. The lowest BCUT2D eigenvalue weighted by atomic mass is 10.2. The summed E-state index contributed by atoms with van der Waals surface area (Å²) < 4.78 is 25.4. The number of hydrogen-bond donors (Lipinski definition) is 1. The fourth-order valence-corrected chi connectivity index (χ4v) is 3.96. The van der Waals surface area contributed by atoms with Gasteiger partial charge < -0.3 is 10.2 Å². The number of sulfone groups is 1. The number of fused-ring (bicyclic) bond motifs is 1. The number of aromatic nitrogens is 2. The van der Waals surface area contributed by atoms with Gasteiger partial charge in [0.25, 0.3) is 5.91 Å². The van der Waals surface area contributed by atoms with Crippen molar-refractivity contribution in [3.8, 4) is 0 Å². The molecule has 1 N–H and O–H groups in total. The van der Waals surface area contributed by atoms with E-state index >= 15 is 0 Å². The molecule has 9 heteroatoms. The van der Waals surface area contributed by atoms with Gasteiger partial charge in [-0.1, -0.05) is 18.5 Å². The molecule has 1 aromatic carbocycles. The van der Waals surface area contributed by atoms with E-state index in [2.05, 4.69) is 10.3 Å². The van der Waals surface area contributed by atoms with Crippen LogP contribution in [0.15, 0.2) is 41.4 Å². The maximum Gasteiger partial charge on any atom is 0.257 e. The fourth-order valence-electron chi connectivity index (χ4n) is 2.98. The van der Waals surface area contributed by atoms with Crippen LogP contribution in [-0.2, 0) is 16.3 Å². The SMILES string of the molecule is CCc1nc2ccc(C(=O)Nc3cc(Cl)cc(S(C)(=O)=O)c3)cn2c1N(C)C. The van der Waals surface area contributed by atoms with Crippen molar-refractivity contribution in [2.75, 3.05) is 30.6 Å². The Kier molecular flexibility index (Phi) is 5.36. The maximum absolute atomic E-state index is 12.7. The van der Waals surface area contributed by atoms with E-state index in [4.69, 9.17) is 11.6 Å². The van der Waals surface area contributed by atoms with Gasteiger partial charge in [0.2, 0.25) is 0 Å². The molecule has 0 bridgehead atoms. The van der Waals surface area contributed by atoms with Gasteiger partial charge in [0.15, 0.2) is 9.84 Å². The number of rotatable bonds is 5. The molecule has 0 radical (unpaired) electrons. The lowest BCUT2D eigenvalue weighted by molar-refractivity contribution is 0.102. The highest BCUT2D eigenvalue weighted by Crippen LogP contribution is 2.24. The summed E-state index contributed by atoms with van der Waals surface area (Å²) in [6.45, 7) is 2.03. The third-order valence-electron chi connectivity index (χ3n) is 4.24. The first-order valence-electron chi connectivity index (χ1n) is 8.60. The number of hydrogen-bond acceptors (Lipinski definition) is 5. The first kappa shape index (κ1) is 20.2. The van der Waals surface area contributed by atoms with Crippen molar-refractivity contribution in [3.63, 3.8) is 0 Å². The van der Waals surface area contributed by atoms with Gasteiger partial charge in [-0.05, 0) is 36.8 Å². The second-order valence-electron chi connectivity index (χ2n) is 6.68. The van der Waals surface area contributed by atoms with Gasteiger partial charge in [0, 0.05) is 37.3 Å². The Balaban J connectivity index is 1.98. The predicted molar refractivity (Wildman–Crippen MR) is 111 cm³/mol. The number of anilines is 2. The monoisotopic (exact) mass is 420 g/mol. The molecule has 0 aliphatic carbocycles. The smallest absolute Gasteiger partial charge is 0.257 e. The number of aryl methyl sites for hydroxylation is 1. The lowest BCUT2D eigenvalue weighted by Crippen LogP contribution is -2.15. The summed E-state index contributed by atoms with van der Waals surface area (Å²) in [6.07, 6.45) is 3.58. The van der Waals surface area contributed by atoms with Gasteiger partial charge in [0.1, 0.15) is 11.5 Å². The average molecular weight is 421 g/mol. The Hall–Kier alpha value is -2.58. The van der Waals surface area contributed by atoms with E-state index in [1.165, 1.54) is 18.2 Å². The summed E-state index contributed by atoms with van der Waals surface area (Å²) in [6, 6.07) is 7.69. The number of carbonyl (C=O) groups is 1. The van der Waals surface area contributed by atoms with Crippen molar-refractivity contribution in [2.45, 2.75) is 18.2 Å². The molecule has 1 amide bonds. The van der Waals surface area contributed by atoms with Gasteiger partial charge in [-0.25, -0.2) is 13.4 Å². The minimum absolute atomic E-state index is 0.0443. The zero-order valence-corrected chi connectivity index (χ0v) is 17.6. The van der Waals surface area contributed by atoms with Crippen molar-refractivity contribution in [1.29, 1.82) is 0 Å². The van der Waals surface area contributed by atoms with E-state index in [1.807, 2.05) is 30.3 Å². The molecule has 28 heavy (non-hydrogen) atoms. The van der Waals surface area contributed by atoms with Crippen LogP contribution in [0.5, 0.6) is 0 Å². The predicted octanol–water partition coefficient (Wildman–Crippen LogP) is 3.27. The Labute approximate surface area is 168 Å². The van der Waals surface area contributed by atoms with E-state index < -0.39 is 9.84 Å². The van der Waals surface area contributed by atoms with Crippen LogP contribution in [-0.4, -0.2) is 44.1 Å². The number of imidazole rings is 1. The highest BCUT2D eigenvalue weighted by molar-refractivity contribution is 7.90. The van der Waals surface area contributed by atoms with Crippen molar-refractivity contribution < 1.29 is 13.2 Å². The zero-order chi connectivity index (χ0) is 20.6. The van der Waals surface area contributed by atoms with Crippen LogP contribution in [0.1, 0.15) is 23.0 Å². The van der Waals surface area contributed by atoms with E-state index in [9.17, 15) is 13.2 Å². The quantitative estimate of drug-likeness (QED) is 0.684. The Bertz CT molecular complexity index is 1170. The number of amides is 1. The topological polar surface area (TPSA) is 83.8 Å². The normalized spacial score (nSPS) is 11.6. The molecule has 3 rings (SSSR count). The number of benzene rings is 1. The molecular weight excluding hydrogens is 400 g/mol. The Morgan fingerprint density at radius 1 is 1.25 bits per heavy atom. The molecule has 0 atom stereocenters. The zero-order valence-electron chi connectivity index (χ0n) is 16.0. The van der Waals surface area contributed by atoms with E-state index in [0.717, 1.165) is 29.8 Å². The van der Waals surface area contributed by atoms with E-state index in [1.54, 1.807) is 18.3 Å². The summed E-state index contributed by atoms with van der Waals surface area (Å²) in [5, 5.41) is 2.94. The molecular formula is C19H21ClN4O3S. The third-order valence-corrected chi connectivity index (χ3v) is 5.55. The molecule has 2 heterocycles. The molecule has 148 valence electrons. The molecule has 0 saturated heterocycles. The van der Waals surface area contributed by atoms with Crippen LogP contribution in [0.3, 0.4) is 0 Å². The van der Waals surface area contributed by atoms with Gasteiger partial charge in [-0.3, -0.25) is 9.20 Å². The molecule has 7 nitrogen and oxygen atoms in total. The molecule has 2 aromatic heterocycles. The molecule has 0 saturated carbocycles. The minimum Gasteiger partial charge on any atom is -0.362 e. The Morgan fingerprint density at radius 2 is 1.96 bits per heavy atom. The maximum atomic E-state index is 12.7. The second-order valence-corrected chi connectivity index (χ2v) is 9.13. The summed E-state index contributed by atoms with van der Waals surface area (Å²) in [7, 11) is 0.403. The molecule has 0 unspecified atom stereocenters. The van der Waals surface area contributed by atoms with Gasteiger partial charge in [0.05, 0.1) is 16.2 Å². The minimum atomic E-state index is -3.45. The highest BCUT2D eigenvalue weighted by atomic mass is 35.5. The summed E-state index contributed by atoms with van der Waals surface area (Å²) in [5.41, 5.74) is 2.41. The second kappa shape index (κ2) is 7.44. The molecule has 0 spiro atoms.